The van der Waals surface area contributed by atoms with Crippen LogP contribution in [0.2, 0.25) is 5.02 Å². The van der Waals surface area contributed by atoms with Crippen molar-refractivity contribution in [3.8, 4) is 6.07 Å². The van der Waals surface area contributed by atoms with E-state index in [1.54, 1.807) is 0 Å². The molecule has 1 fully saturated rings. The van der Waals surface area contributed by atoms with E-state index in [9.17, 15) is 10.1 Å². The summed E-state index contributed by atoms with van der Waals surface area (Å²) in [7, 11) is 0. The molecule has 0 radical (unpaired) electrons. The van der Waals surface area contributed by atoms with Crippen LogP contribution in [0.1, 0.15) is 31.4 Å². The van der Waals surface area contributed by atoms with E-state index in [1.165, 1.54) is 6.20 Å². The number of carbonyl (C=O) groups is 1. The summed E-state index contributed by atoms with van der Waals surface area (Å²) in [4.78, 5) is 19.6. The summed E-state index contributed by atoms with van der Waals surface area (Å²) in [6.45, 7) is 4.57. The summed E-state index contributed by atoms with van der Waals surface area (Å²) >= 11 is 6.00. The molecule has 8 nitrogen and oxygen atoms in total. The highest BCUT2D eigenvalue weighted by atomic mass is 35.5. The number of halogens is 1. The fraction of sp³-hybridized carbons (Fsp3) is 0.400. The first-order chi connectivity index (χ1) is 13.8. The minimum Gasteiger partial charge on any atom is -0.465 e. The molecule has 1 aromatic heterocycles. The highest BCUT2D eigenvalue weighted by molar-refractivity contribution is 6.30. The van der Waals surface area contributed by atoms with Gasteiger partial charge in [-0.05, 0) is 30.5 Å². The normalized spacial score (nSPS) is 19.5. The lowest BCUT2D eigenvalue weighted by Crippen LogP contribution is -2.63. The molecule has 1 aromatic carbocycles. The zero-order chi connectivity index (χ0) is 21.0. The van der Waals surface area contributed by atoms with E-state index in [0.717, 1.165) is 12.0 Å². The largest absolute Gasteiger partial charge is 0.465 e. The summed E-state index contributed by atoms with van der Waals surface area (Å²) in [6.07, 6.45) is 1.82. The molecule has 2 aromatic rings. The third-order valence-electron chi connectivity index (χ3n) is 5.37. The van der Waals surface area contributed by atoms with E-state index < -0.39 is 6.09 Å². The first kappa shape index (κ1) is 20.7. The van der Waals surface area contributed by atoms with Crippen LogP contribution in [0, 0.1) is 16.7 Å². The van der Waals surface area contributed by atoms with E-state index in [1.807, 2.05) is 38.1 Å². The monoisotopic (exact) mass is 414 g/mol. The fourth-order valence-corrected chi connectivity index (χ4v) is 3.61. The van der Waals surface area contributed by atoms with Gasteiger partial charge in [0.15, 0.2) is 0 Å². The van der Waals surface area contributed by atoms with Gasteiger partial charge < -0.3 is 21.1 Å². The molecule has 0 bridgehead atoms. The molecule has 0 unspecified atom stereocenters. The summed E-state index contributed by atoms with van der Waals surface area (Å²) in [5.41, 5.74) is 1.14. The molecule has 152 valence electrons. The Bertz CT molecular complexity index is 943. The van der Waals surface area contributed by atoms with Crippen molar-refractivity contribution < 1.29 is 9.90 Å². The van der Waals surface area contributed by atoms with Crippen LogP contribution in [0.4, 0.5) is 16.6 Å². The molecule has 1 amide bonds. The van der Waals surface area contributed by atoms with Crippen LogP contribution < -0.4 is 16.0 Å². The maximum atomic E-state index is 10.9. The van der Waals surface area contributed by atoms with Gasteiger partial charge in [0, 0.05) is 29.1 Å². The number of rotatable bonds is 7. The van der Waals surface area contributed by atoms with Crippen molar-refractivity contribution in [3.05, 3.63) is 46.6 Å². The second-order valence-electron chi connectivity index (χ2n) is 7.63. The second-order valence-corrected chi connectivity index (χ2v) is 8.07. The van der Waals surface area contributed by atoms with Gasteiger partial charge in [-0.3, -0.25) is 0 Å². The molecule has 1 heterocycles. The Kier molecular flexibility index (Phi) is 6.09. The summed E-state index contributed by atoms with van der Waals surface area (Å²) in [5.74, 6) is 0.866. The topological polar surface area (TPSA) is 123 Å². The number of hydrogen-bond acceptors (Lipinski definition) is 6. The minimum absolute atomic E-state index is 0.0133. The van der Waals surface area contributed by atoms with Gasteiger partial charge in [-0.1, -0.05) is 37.6 Å². The van der Waals surface area contributed by atoms with Crippen molar-refractivity contribution in [3.63, 3.8) is 0 Å². The molecule has 9 heteroatoms. The lowest BCUT2D eigenvalue weighted by atomic mass is 9.63. The van der Waals surface area contributed by atoms with E-state index in [-0.39, 0.29) is 17.5 Å². The lowest BCUT2D eigenvalue weighted by molar-refractivity contribution is 0.0823. The molecular formula is C20H23ClN6O2. The quantitative estimate of drug-likeness (QED) is 0.546. The van der Waals surface area contributed by atoms with Crippen molar-refractivity contribution in [2.45, 2.75) is 38.8 Å². The predicted octanol–water partition coefficient (Wildman–Crippen LogP) is 3.50. The highest BCUT2D eigenvalue weighted by Crippen LogP contribution is 2.42. The van der Waals surface area contributed by atoms with Crippen LogP contribution >= 0.6 is 11.6 Å². The van der Waals surface area contributed by atoms with Gasteiger partial charge in [0.25, 0.3) is 0 Å². The SMILES string of the molecule is CC1(C)[C@@H](NC(=O)O)C[C@@H]1Nc1nc(NCCc2cccc(Cl)c2)ncc1C#N. The molecule has 29 heavy (non-hydrogen) atoms. The molecule has 0 saturated heterocycles. The fourth-order valence-electron chi connectivity index (χ4n) is 3.40. The van der Waals surface area contributed by atoms with Crippen LogP contribution in [0.3, 0.4) is 0 Å². The Morgan fingerprint density at radius 1 is 1.41 bits per heavy atom. The Morgan fingerprint density at radius 3 is 2.86 bits per heavy atom. The molecule has 0 aliphatic heterocycles. The molecule has 1 aliphatic rings. The van der Waals surface area contributed by atoms with Crippen LogP contribution in [-0.2, 0) is 6.42 Å². The van der Waals surface area contributed by atoms with Crippen LogP contribution in [-0.4, -0.2) is 39.8 Å². The Labute approximate surface area is 174 Å². The van der Waals surface area contributed by atoms with E-state index >= 15 is 0 Å². The van der Waals surface area contributed by atoms with Crippen LogP contribution in [0.5, 0.6) is 0 Å². The van der Waals surface area contributed by atoms with Crippen molar-refractivity contribution in [1.29, 1.82) is 5.26 Å². The first-order valence-corrected chi connectivity index (χ1v) is 9.69. The number of aromatic nitrogens is 2. The number of nitrogens with zero attached hydrogens (tertiary/aromatic N) is 3. The molecule has 2 atom stereocenters. The standard InChI is InChI=1S/C20H23ClN6O2/c1-20(2)15(9-16(20)26-19(28)29)25-17-13(10-22)11-24-18(27-17)23-7-6-12-4-3-5-14(21)8-12/h3-5,8,11,15-16,26H,6-7,9H2,1-2H3,(H,28,29)(H2,23,24,25,27)/t15-,16-/m0/s1. The summed E-state index contributed by atoms with van der Waals surface area (Å²) < 4.78 is 0. The summed E-state index contributed by atoms with van der Waals surface area (Å²) in [6, 6.07) is 9.58. The van der Waals surface area contributed by atoms with Crippen LogP contribution in [0.25, 0.3) is 0 Å². The van der Waals surface area contributed by atoms with Crippen molar-refractivity contribution >= 4 is 29.5 Å². The van der Waals surface area contributed by atoms with E-state index in [4.69, 9.17) is 16.7 Å². The minimum atomic E-state index is -1.03. The van der Waals surface area contributed by atoms with E-state index in [0.29, 0.717) is 35.3 Å². The van der Waals surface area contributed by atoms with Gasteiger partial charge in [-0.2, -0.15) is 10.2 Å². The Balaban J connectivity index is 1.63. The molecule has 4 N–H and O–H groups in total. The van der Waals surface area contributed by atoms with Gasteiger partial charge in [-0.25, -0.2) is 9.78 Å². The van der Waals surface area contributed by atoms with Gasteiger partial charge in [0.05, 0.1) is 6.20 Å². The second kappa shape index (κ2) is 8.53. The zero-order valence-electron chi connectivity index (χ0n) is 16.2. The highest BCUT2D eigenvalue weighted by Gasteiger charge is 2.49. The first-order valence-electron chi connectivity index (χ1n) is 9.31. The number of nitrogens with one attached hydrogen (secondary N) is 3. The Morgan fingerprint density at radius 2 is 2.21 bits per heavy atom. The predicted molar refractivity (Wildman–Crippen MR) is 111 cm³/mol. The molecular weight excluding hydrogens is 392 g/mol. The zero-order valence-corrected chi connectivity index (χ0v) is 17.0. The summed E-state index contributed by atoms with van der Waals surface area (Å²) in [5, 5.41) is 28.0. The average Bonchev–Trinajstić information content (AvgIpc) is 2.67. The molecule has 0 spiro atoms. The average molecular weight is 415 g/mol. The van der Waals surface area contributed by atoms with Crippen molar-refractivity contribution in [1.82, 2.24) is 15.3 Å². The van der Waals surface area contributed by atoms with Gasteiger partial charge in [0.2, 0.25) is 5.95 Å². The van der Waals surface area contributed by atoms with Crippen LogP contribution in [0.15, 0.2) is 30.5 Å². The number of benzene rings is 1. The number of nitriles is 1. The lowest BCUT2D eigenvalue weighted by Gasteiger charge is -2.52. The number of amides is 1. The van der Waals surface area contributed by atoms with Gasteiger partial charge in [0.1, 0.15) is 17.5 Å². The maximum absolute atomic E-state index is 10.9. The third kappa shape index (κ3) is 4.87. The molecule has 3 rings (SSSR count). The van der Waals surface area contributed by atoms with E-state index in [2.05, 4.69) is 32.0 Å². The van der Waals surface area contributed by atoms with Crippen molar-refractivity contribution in [2.24, 2.45) is 5.41 Å². The van der Waals surface area contributed by atoms with Crippen molar-refractivity contribution in [2.75, 3.05) is 17.2 Å². The number of hydrogen-bond donors (Lipinski definition) is 4. The smallest absolute Gasteiger partial charge is 0.404 e. The number of carboxylic acid groups (broad SMARTS) is 1. The van der Waals surface area contributed by atoms with Gasteiger partial charge >= 0.3 is 6.09 Å². The molecule has 1 saturated carbocycles. The maximum Gasteiger partial charge on any atom is 0.404 e. The number of anilines is 2. The van der Waals surface area contributed by atoms with Gasteiger partial charge in [-0.15, -0.1) is 0 Å². The third-order valence-corrected chi connectivity index (χ3v) is 5.61. The Hall–Kier alpha value is -3.05. The molecule has 1 aliphatic carbocycles.